The molecule has 8 heteroatoms. The molecule has 3 aromatic rings. The molecule has 1 N–H and O–H groups in total. The van der Waals surface area contributed by atoms with E-state index in [-0.39, 0.29) is 17.2 Å². The highest BCUT2D eigenvalue weighted by atomic mass is 32.2. The highest BCUT2D eigenvalue weighted by molar-refractivity contribution is 7.99. The number of fused-ring (bicyclic) bond motifs is 3. The number of benzene rings is 1. The second kappa shape index (κ2) is 9.22. The van der Waals surface area contributed by atoms with Crippen LogP contribution in [0.2, 0.25) is 0 Å². The molecule has 1 aliphatic rings. The molecule has 2 heterocycles. The van der Waals surface area contributed by atoms with Crippen molar-refractivity contribution in [2.75, 3.05) is 17.7 Å². The third-order valence-corrected chi connectivity index (χ3v) is 7.31. The number of rotatable bonds is 7. The van der Waals surface area contributed by atoms with Crippen LogP contribution in [-0.4, -0.2) is 27.8 Å². The molecule has 0 spiro atoms. The average Bonchev–Trinajstić information content (AvgIpc) is 3.12. The molecular weight excluding hydrogens is 418 g/mol. The molecule has 0 unspecified atom stereocenters. The van der Waals surface area contributed by atoms with Crippen LogP contribution in [-0.2, 0) is 24.2 Å². The molecule has 1 aliphatic carbocycles. The molecule has 4 rings (SSSR count). The summed E-state index contributed by atoms with van der Waals surface area (Å²) in [6.45, 7) is 4.90. The van der Waals surface area contributed by atoms with Crippen molar-refractivity contribution in [2.45, 2.75) is 51.2 Å². The molecule has 1 amide bonds. The predicted molar refractivity (Wildman–Crippen MR) is 123 cm³/mol. The smallest absolute Gasteiger partial charge is 0.263 e. The molecule has 0 radical (unpaired) electrons. The number of anilines is 1. The Bertz CT molecular complexity index is 1140. The number of aryl methyl sites for hydroxylation is 2. The highest BCUT2D eigenvalue weighted by Crippen LogP contribution is 2.34. The number of amides is 1. The van der Waals surface area contributed by atoms with Crippen LogP contribution in [0.3, 0.4) is 0 Å². The van der Waals surface area contributed by atoms with E-state index in [2.05, 4.69) is 5.32 Å². The Morgan fingerprint density at radius 3 is 2.87 bits per heavy atom. The van der Waals surface area contributed by atoms with Gasteiger partial charge in [0.15, 0.2) is 5.16 Å². The number of thioether (sulfide) groups is 1. The summed E-state index contributed by atoms with van der Waals surface area (Å²) in [7, 11) is 0. The number of carbonyl (C=O) groups is 1. The summed E-state index contributed by atoms with van der Waals surface area (Å²) in [5.41, 5.74) is 1.86. The van der Waals surface area contributed by atoms with E-state index >= 15 is 0 Å². The number of aromatic nitrogens is 2. The lowest BCUT2D eigenvalue weighted by Gasteiger charge is -2.13. The Morgan fingerprint density at radius 1 is 1.27 bits per heavy atom. The van der Waals surface area contributed by atoms with Crippen LogP contribution in [0.4, 0.5) is 5.69 Å². The third kappa shape index (κ3) is 4.11. The van der Waals surface area contributed by atoms with Gasteiger partial charge in [0.05, 0.1) is 23.4 Å². The number of carbonyl (C=O) groups excluding carboxylic acids is 1. The fourth-order valence-electron chi connectivity index (χ4n) is 3.78. The summed E-state index contributed by atoms with van der Waals surface area (Å²) in [5, 5.41) is 4.28. The van der Waals surface area contributed by atoms with E-state index in [1.165, 1.54) is 28.6 Å². The summed E-state index contributed by atoms with van der Waals surface area (Å²) in [4.78, 5) is 32.6. The minimum atomic E-state index is -0.158. The number of thiophene rings is 1. The third-order valence-electron chi connectivity index (χ3n) is 5.15. The molecule has 2 aromatic heterocycles. The minimum Gasteiger partial charge on any atom is -0.492 e. The lowest BCUT2D eigenvalue weighted by Crippen LogP contribution is -2.24. The number of ether oxygens (including phenoxy) is 1. The fourth-order valence-corrected chi connectivity index (χ4v) is 5.94. The van der Waals surface area contributed by atoms with Gasteiger partial charge >= 0.3 is 0 Å². The van der Waals surface area contributed by atoms with Crippen LogP contribution in [0, 0.1) is 0 Å². The number of hydrogen-bond donors (Lipinski definition) is 1. The largest absolute Gasteiger partial charge is 0.492 e. The molecule has 0 aliphatic heterocycles. The monoisotopic (exact) mass is 443 g/mol. The van der Waals surface area contributed by atoms with Crippen LogP contribution in [0.5, 0.6) is 5.75 Å². The zero-order chi connectivity index (χ0) is 21.1. The van der Waals surface area contributed by atoms with E-state index < -0.39 is 0 Å². The van der Waals surface area contributed by atoms with Gasteiger partial charge in [-0.1, -0.05) is 23.9 Å². The minimum absolute atomic E-state index is 0.0199. The lowest BCUT2D eigenvalue weighted by molar-refractivity contribution is -0.113. The molecule has 158 valence electrons. The fraction of sp³-hybridized carbons (Fsp3) is 0.409. The summed E-state index contributed by atoms with van der Waals surface area (Å²) in [5.74, 6) is 0.658. The molecule has 1 aromatic carbocycles. The average molecular weight is 444 g/mol. The van der Waals surface area contributed by atoms with E-state index in [1.54, 1.807) is 15.9 Å². The zero-order valence-corrected chi connectivity index (χ0v) is 18.8. The van der Waals surface area contributed by atoms with E-state index in [0.717, 1.165) is 29.5 Å². The van der Waals surface area contributed by atoms with E-state index in [9.17, 15) is 9.59 Å². The Morgan fingerprint density at radius 2 is 2.07 bits per heavy atom. The molecule has 0 bridgehead atoms. The number of nitrogens with zero attached hydrogens (tertiary/aromatic N) is 2. The van der Waals surface area contributed by atoms with Crippen molar-refractivity contribution in [3.63, 3.8) is 0 Å². The van der Waals surface area contributed by atoms with Crippen molar-refractivity contribution < 1.29 is 9.53 Å². The standard InChI is InChI=1S/C22H25N3O3S2/c1-3-25-21(27)19-14-9-5-8-12-17(14)30-20(19)24-22(25)29-13-18(26)23-15-10-6-7-11-16(15)28-4-2/h6-7,10-11H,3-5,8-9,12-13H2,1-2H3,(H,23,26). The van der Waals surface area contributed by atoms with Crippen LogP contribution in [0.1, 0.15) is 37.1 Å². The van der Waals surface area contributed by atoms with Crippen molar-refractivity contribution in [1.29, 1.82) is 0 Å². The van der Waals surface area contributed by atoms with E-state index in [1.807, 2.05) is 38.1 Å². The number of nitrogens with one attached hydrogen (secondary N) is 1. The van der Waals surface area contributed by atoms with Gasteiger partial charge < -0.3 is 10.1 Å². The molecular formula is C22H25N3O3S2. The van der Waals surface area contributed by atoms with E-state index in [0.29, 0.717) is 29.7 Å². The maximum atomic E-state index is 13.2. The van der Waals surface area contributed by atoms with Gasteiger partial charge in [0.1, 0.15) is 10.6 Å². The first-order valence-corrected chi connectivity index (χ1v) is 12.1. The first kappa shape index (κ1) is 20.9. The second-order valence-electron chi connectivity index (χ2n) is 7.10. The van der Waals surface area contributed by atoms with Crippen LogP contribution >= 0.6 is 23.1 Å². The second-order valence-corrected chi connectivity index (χ2v) is 9.13. The maximum Gasteiger partial charge on any atom is 0.263 e. The van der Waals surface area contributed by atoms with Gasteiger partial charge in [0.25, 0.3) is 5.56 Å². The summed E-state index contributed by atoms with van der Waals surface area (Å²) in [6.07, 6.45) is 4.30. The van der Waals surface area contributed by atoms with Crippen molar-refractivity contribution >= 4 is 44.9 Å². The summed E-state index contributed by atoms with van der Waals surface area (Å²) < 4.78 is 7.25. The van der Waals surface area contributed by atoms with Crippen LogP contribution < -0.4 is 15.6 Å². The maximum absolute atomic E-state index is 13.2. The van der Waals surface area contributed by atoms with Gasteiger partial charge in [-0.2, -0.15) is 0 Å². The first-order chi connectivity index (χ1) is 14.6. The molecule has 0 fully saturated rings. The highest BCUT2D eigenvalue weighted by Gasteiger charge is 2.22. The van der Waals surface area contributed by atoms with Crippen molar-refractivity contribution in [1.82, 2.24) is 9.55 Å². The molecule has 6 nitrogen and oxygen atoms in total. The SMILES string of the molecule is CCOc1ccccc1NC(=O)CSc1nc2sc3c(c2c(=O)n1CC)CCCC3. The van der Waals surface area contributed by atoms with E-state index in [4.69, 9.17) is 9.72 Å². The predicted octanol–water partition coefficient (Wildman–Crippen LogP) is 4.49. The van der Waals surface area contributed by atoms with Crippen molar-refractivity contribution in [2.24, 2.45) is 0 Å². The Labute approximate surface area is 183 Å². The number of hydrogen-bond acceptors (Lipinski definition) is 6. The van der Waals surface area contributed by atoms with Gasteiger partial charge in [0.2, 0.25) is 5.91 Å². The van der Waals surface area contributed by atoms with Crippen LogP contribution in [0.25, 0.3) is 10.2 Å². The van der Waals surface area contributed by atoms with Gasteiger partial charge in [-0.25, -0.2) is 4.98 Å². The molecule has 0 saturated heterocycles. The Hall–Kier alpha value is -2.32. The topological polar surface area (TPSA) is 73.2 Å². The molecule has 0 atom stereocenters. The number of para-hydroxylation sites is 2. The Kier molecular flexibility index (Phi) is 6.43. The molecule has 0 saturated carbocycles. The van der Waals surface area contributed by atoms with Gasteiger partial charge in [-0.15, -0.1) is 11.3 Å². The lowest BCUT2D eigenvalue weighted by atomic mass is 9.97. The van der Waals surface area contributed by atoms with Crippen molar-refractivity contribution in [3.05, 3.63) is 45.1 Å². The summed E-state index contributed by atoms with van der Waals surface area (Å²) in [6, 6.07) is 7.37. The van der Waals surface area contributed by atoms with Crippen molar-refractivity contribution in [3.8, 4) is 5.75 Å². The zero-order valence-electron chi connectivity index (χ0n) is 17.2. The van der Waals surface area contributed by atoms with Gasteiger partial charge in [0, 0.05) is 11.4 Å². The van der Waals surface area contributed by atoms with Gasteiger partial charge in [-0.05, 0) is 57.2 Å². The first-order valence-electron chi connectivity index (χ1n) is 10.3. The van der Waals surface area contributed by atoms with Gasteiger partial charge in [-0.3, -0.25) is 14.2 Å². The summed E-state index contributed by atoms with van der Waals surface area (Å²) >= 11 is 2.94. The van der Waals surface area contributed by atoms with Crippen LogP contribution in [0.15, 0.2) is 34.2 Å². The Balaban J connectivity index is 1.55. The molecule has 30 heavy (non-hydrogen) atoms. The normalized spacial score (nSPS) is 13.3. The quantitative estimate of drug-likeness (QED) is 0.430.